The number of aliphatic hydroxyl groups is 1. The molecule has 1 aromatic heterocycles. The van der Waals surface area contributed by atoms with E-state index >= 15 is 0 Å². The minimum Gasteiger partial charge on any atom is -0.389 e. The van der Waals surface area contributed by atoms with Crippen LogP contribution in [-0.2, 0) is 11.2 Å². The SMILES string of the molecule is COC1C[C@H]2[C@@H]3CC[C@H]([C@H](C)CCc4ncccc4C(C)O)[C@@]3(C)CC[C@@H]2[C@@]2(C)CC[C@@H]3CC132. The molecular formula is C31H47NO2. The van der Waals surface area contributed by atoms with Gasteiger partial charge in [-0.2, -0.15) is 0 Å². The first kappa shape index (κ1) is 23.5. The van der Waals surface area contributed by atoms with E-state index in [1.54, 1.807) is 0 Å². The molecule has 1 N–H and O–H groups in total. The van der Waals surface area contributed by atoms with Gasteiger partial charge in [0, 0.05) is 30.0 Å². The summed E-state index contributed by atoms with van der Waals surface area (Å²) in [5, 5.41) is 10.2. The van der Waals surface area contributed by atoms with E-state index in [1.807, 2.05) is 32.4 Å². The molecule has 1 spiro atoms. The summed E-state index contributed by atoms with van der Waals surface area (Å²) < 4.78 is 6.31. The van der Waals surface area contributed by atoms with Crippen LogP contribution in [0.2, 0.25) is 0 Å². The molecule has 5 fully saturated rings. The first-order valence-corrected chi connectivity index (χ1v) is 14.4. The molecular weight excluding hydrogens is 418 g/mol. The Morgan fingerprint density at radius 3 is 2.68 bits per heavy atom. The first-order valence-electron chi connectivity index (χ1n) is 14.4. The van der Waals surface area contributed by atoms with Crippen molar-refractivity contribution in [3.63, 3.8) is 0 Å². The molecule has 0 aromatic carbocycles. The topological polar surface area (TPSA) is 42.4 Å². The van der Waals surface area contributed by atoms with Gasteiger partial charge >= 0.3 is 0 Å². The van der Waals surface area contributed by atoms with Crippen LogP contribution in [0, 0.1) is 51.8 Å². The normalized spacial score (nSPS) is 48.4. The molecule has 0 radical (unpaired) electrons. The zero-order valence-electron chi connectivity index (χ0n) is 22.2. The number of fused-ring (bicyclic) bond motifs is 4. The highest BCUT2D eigenvalue weighted by Crippen LogP contribution is 2.82. The lowest BCUT2D eigenvalue weighted by atomic mass is 9.45. The van der Waals surface area contributed by atoms with E-state index < -0.39 is 6.10 Å². The zero-order valence-corrected chi connectivity index (χ0v) is 22.2. The van der Waals surface area contributed by atoms with Crippen molar-refractivity contribution in [2.24, 2.45) is 51.8 Å². The van der Waals surface area contributed by atoms with Crippen LogP contribution >= 0.6 is 0 Å². The molecule has 3 heteroatoms. The van der Waals surface area contributed by atoms with Crippen molar-refractivity contribution in [2.45, 2.75) is 104 Å². The van der Waals surface area contributed by atoms with E-state index in [2.05, 4.69) is 25.8 Å². The Morgan fingerprint density at radius 1 is 1.12 bits per heavy atom. The van der Waals surface area contributed by atoms with E-state index in [9.17, 15) is 5.11 Å². The van der Waals surface area contributed by atoms with Crippen LogP contribution in [0.4, 0.5) is 0 Å². The Bertz CT molecular complexity index is 930. The van der Waals surface area contributed by atoms with Crippen LogP contribution in [0.25, 0.3) is 0 Å². The number of hydrogen-bond acceptors (Lipinski definition) is 3. The Morgan fingerprint density at radius 2 is 1.94 bits per heavy atom. The number of nitrogens with zero attached hydrogens (tertiary/aromatic N) is 1. The summed E-state index contributed by atoms with van der Waals surface area (Å²) in [7, 11) is 2.01. The molecule has 3 nitrogen and oxygen atoms in total. The Labute approximate surface area is 207 Å². The predicted molar refractivity (Wildman–Crippen MR) is 136 cm³/mol. The minimum absolute atomic E-state index is 0.436. The van der Waals surface area contributed by atoms with Gasteiger partial charge in [-0.1, -0.05) is 26.8 Å². The highest BCUT2D eigenvalue weighted by molar-refractivity contribution is 5.26. The summed E-state index contributed by atoms with van der Waals surface area (Å²) in [6.45, 7) is 9.73. The number of aryl methyl sites for hydroxylation is 1. The molecule has 1 aromatic rings. The summed E-state index contributed by atoms with van der Waals surface area (Å²) in [6.07, 6.45) is 15.5. The number of methoxy groups -OCH3 is 1. The van der Waals surface area contributed by atoms with Crippen LogP contribution in [0.3, 0.4) is 0 Å². The summed E-state index contributed by atoms with van der Waals surface area (Å²) >= 11 is 0. The summed E-state index contributed by atoms with van der Waals surface area (Å²) in [5.41, 5.74) is 3.66. The molecule has 6 rings (SSSR count). The number of hydrogen-bond donors (Lipinski definition) is 1. The van der Waals surface area contributed by atoms with Gasteiger partial charge in [-0.3, -0.25) is 4.98 Å². The average molecular weight is 466 g/mol. The third-order valence-corrected chi connectivity index (χ3v) is 12.8. The van der Waals surface area contributed by atoms with Crippen LogP contribution < -0.4 is 0 Å². The van der Waals surface area contributed by atoms with E-state index in [0.717, 1.165) is 47.3 Å². The number of rotatable bonds is 6. The molecule has 1 heterocycles. The van der Waals surface area contributed by atoms with Gasteiger partial charge < -0.3 is 9.84 Å². The molecule has 0 bridgehead atoms. The molecule has 34 heavy (non-hydrogen) atoms. The highest BCUT2D eigenvalue weighted by Gasteiger charge is 2.77. The van der Waals surface area contributed by atoms with Crippen molar-refractivity contribution in [2.75, 3.05) is 7.11 Å². The van der Waals surface area contributed by atoms with Crippen molar-refractivity contribution in [3.8, 4) is 0 Å². The van der Waals surface area contributed by atoms with Gasteiger partial charge in [0.25, 0.3) is 0 Å². The van der Waals surface area contributed by atoms with E-state index in [1.165, 1.54) is 57.8 Å². The number of ether oxygens (including phenoxy) is 1. The fraction of sp³-hybridized carbons (Fsp3) is 0.839. The van der Waals surface area contributed by atoms with Crippen LogP contribution in [0.1, 0.15) is 103 Å². The molecule has 5 saturated carbocycles. The van der Waals surface area contributed by atoms with Crippen molar-refractivity contribution in [1.29, 1.82) is 0 Å². The lowest BCUT2D eigenvalue weighted by Gasteiger charge is -2.61. The van der Waals surface area contributed by atoms with Gasteiger partial charge in [0.2, 0.25) is 0 Å². The van der Waals surface area contributed by atoms with E-state index in [-0.39, 0.29) is 0 Å². The van der Waals surface area contributed by atoms with Crippen LogP contribution in [0.15, 0.2) is 18.3 Å². The van der Waals surface area contributed by atoms with Crippen molar-refractivity contribution >= 4 is 0 Å². The summed E-state index contributed by atoms with van der Waals surface area (Å²) in [6, 6.07) is 3.99. The van der Waals surface area contributed by atoms with Gasteiger partial charge in [0.15, 0.2) is 0 Å². The molecule has 0 aliphatic heterocycles. The molecule has 5 aliphatic carbocycles. The highest BCUT2D eigenvalue weighted by atomic mass is 16.5. The number of pyridine rings is 1. The second kappa shape index (κ2) is 8.04. The van der Waals surface area contributed by atoms with Gasteiger partial charge in [-0.25, -0.2) is 0 Å². The van der Waals surface area contributed by atoms with E-state index in [4.69, 9.17) is 4.74 Å². The smallest absolute Gasteiger partial charge is 0.0779 e. The maximum Gasteiger partial charge on any atom is 0.0779 e. The fourth-order valence-corrected chi connectivity index (χ4v) is 11.2. The zero-order chi connectivity index (χ0) is 23.9. The third-order valence-electron chi connectivity index (χ3n) is 12.8. The largest absolute Gasteiger partial charge is 0.389 e. The Hall–Kier alpha value is -0.930. The van der Waals surface area contributed by atoms with Gasteiger partial charge in [0.05, 0.1) is 12.2 Å². The molecule has 11 atom stereocenters. The number of aromatic nitrogens is 1. The molecule has 3 unspecified atom stereocenters. The lowest BCUT2D eigenvalue weighted by Crippen LogP contribution is -2.57. The summed E-state index contributed by atoms with van der Waals surface area (Å²) in [4.78, 5) is 4.64. The molecule has 5 aliphatic rings. The Kier molecular flexibility index (Phi) is 5.55. The lowest BCUT2D eigenvalue weighted by molar-refractivity contribution is -0.161. The van der Waals surface area contributed by atoms with Gasteiger partial charge in [-0.15, -0.1) is 0 Å². The maximum atomic E-state index is 10.2. The molecule has 0 amide bonds. The van der Waals surface area contributed by atoms with E-state index in [0.29, 0.717) is 28.3 Å². The fourth-order valence-electron chi connectivity index (χ4n) is 11.2. The number of aliphatic hydroxyl groups excluding tert-OH is 1. The van der Waals surface area contributed by atoms with Gasteiger partial charge in [0.1, 0.15) is 0 Å². The minimum atomic E-state index is -0.436. The van der Waals surface area contributed by atoms with Crippen LogP contribution in [0.5, 0.6) is 0 Å². The second-order valence-electron chi connectivity index (χ2n) is 13.7. The van der Waals surface area contributed by atoms with Crippen molar-refractivity contribution in [3.05, 3.63) is 29.6 Å². The van der Waals surface area contributed by atoms with Crippen molar-refractivity contribution < 1.29 is 9.84 Å². The van der Waals surface area contributed by atoms with Crippen LogP contribution in [-0.4, -0.2) is 23.3 Å². The summed E-state index contributed by atoms with van der Waals surface area (Å²) in [5.74, 6) is 5.17. The average Bonchev–Trinajstić information content (AvgIpc) is 3.33. The maximum absolute atomic E-state index is 10.2. The first-order chi connectivity index (χ1) is 16.3. The third kappa shape index (κ3) is 3.04. The predicted octanol–water partition coefficient (Wildman–Crippen LogP) is 6.99. The quantitative estimate of drug-likeness (QED) is 0.492. The standard InChI is InChI=1S/C31H47NO2/c1-19(8-11-27-22(20(2)33)7-6-16-32-27)24-9-10-25-23-17-28(34-5)31-18-21(31)12-15-30(31,4)26(23)13-14-29(24,25)3/h6-7,16,19-21,23-26,28,33H,8-15,17-18H2,1-5H3/t19-,20?,21-,23+,24-,25+,26+,28?,29-,30-,31?/m1/s1. The monoisotopic (exact) mass is 465 g/mol. The molecule has 0 saturated heterocycles. The van der Waals surface area contributed by atoms with Gasteiger partial charge in [-0.05, 0) is 124 Å². The van der Waals surface area contributed by atoms with Crippen molar-refractivity contribution in [1.82, 2.24) is 4.98 Å². The Balaban J connectivity index is 1.20. The second-order valence-corrected chi connectivity index (χ2v) is 13.7. The molecule has 188 valence electrons.